The Bertz CT molecular complexity index is 465. The third kappa shape index (κ3) is 4.31. The highest BCUT2D eigenvalue weighted by molar-refractivity contribution is 7.86. The van der Waals surface area contributed by atoms with Gasteiger partial charge in [0.15, 0.2) is 0 Å². The van der Waals surface area contributed by atoms with Crippen LogP contribution in [-0.2, 0) is 15.6 Å². The summed E-state index contributed by atoms with van der Waals surface area (Å²) in [6.45, 7) is 3.80. The Balaban J connectivity index is 2.62. The number of rotatable bonds is 5. The molecule has 1 rings (SSSR count). The van der Waals surface area contributed by atoms with Crippen LogP contribution in [0.15, 0.2) is 18.2 Å². The summed E-state index contributed by atoms with van der Waals surface area (Å²) in [6, 6.07) is 4.83. The van der Waals surface area contributed by atoms with Gasteiger partial charge in [0.1, 0.15) is 5.75 Å². The molecule has 100 valence electrons. The van der Waals surface area contributed by atoms with Gasteiger partial charge in [-0.1, -0.05) is 25.4 Å². The van der Waals surface area contributed by atoms with Gasteiger partial charge in [-0.15, -0.1) is 0 Å². The highest BCUT2D eigenvalue weighted by Crippen LogP contribution is 2.23. The van der Waals surface area contributed by atoms with Crippen molar-refractivity contribution in [3.05, 3.63) is 23.2 Å². The number of carbonyl (C=O) groups excluding carboxylic acids is 1. The second-order valence-electron chi connectivity index (χ2n) is 4.03. The van der Waals surface area contributed by atoms with Gasteiger partial charge < -0.3 is 11.1 Å². The molecule has 0 heterocycles. The van der Waals surface area contributed by atoms with Crippen LogP contribution in [0.5, 0.6) is 0 Å². The van der Waals surface area contributed by atoms with E-state index in [-0.39, 0.29) is 16.9 Å². The molecule has 2 atom stereocenters. The van der Waals surface area contributed by atoms with Gasteiger partial charge in [-0.3, -0.25) is 9.00 Å². The van der Waals surface area contributed by atoms with Crippen molar-refractivity contribution in [2.45, 2.75) is 25.5 Å². The standard InChI is InChI=1S/C12H17ClN2O2S/c1-3-8(2)18(17)7-12(16)15-11-5-4-9(14)6-10(11)13/h4-6,8H,3,7,14H2,1-2H3,(H,15,16). The van der Waals surface area contributed by atoms with E-state index in [0.717, 1.165) is 6.42 Å². The number of halogens is 1. The van der Waals surface area contributed by atoms with Crippen molar-refractivity contribution in [3.8, 4) is 0 Å². The van der Waals surface area contributed by atoms with E-state index in [9.17, 15) is 9.00 Å². The second-order valence-corrected chi connectivity index (χ2v) is 6.29. The highest BCUT2D eigenvalue weighted by atomic mass is 35.5. The average Bonchev–Trinajstić information content (AvgIpc) is 2.31. The Hall–Kier alpha value is -1.07. The predicted molar refractivity (Wildman–Crippen MR) is 77.3 cm³/mol. The van der Waals surface area contributed by atoms with Gasteiger partial charge in [0.05, 0.1) is 10.7 Å². The molecule has 6 heteroatoms. The fourth-order valence-corrected chi connectivity index (χ4v) is 2.50. The lowest BCUT2D eigenvalue weighted by Crippen LogP contribution is -2.24. The van der Waals surface area contributed by atoms with Crippen molar-refractivity contribution in [3.63, 3.8) is 0 Å². The summed E-state index contributed by atoms with van der Waals surface area (Å²) in [5, 5.41) is 3.01. The van der Waals surface area contributed by atoms with Crippen molar-refractivity contribution in [2.75, 3.05) is 16.8 Å². The van der Waals surface area contributed by atoms with Crippen molar-refractivity contribution >= 4 is 39.7 Å². The lowest BCUT2D eigenvalue weighted by molar-refractivity contribution is -0.113. The number of nitrogens with one attached hydrogen (secondary N) is 1. The molecule has 1 aromatic rings. The Morgan fingerprint density at radius 3 is 2.78 bits per heavy atom. The first kappa shape index (κ1) is 15.0. The van der Waals surface area contributed by atoms with E-state index >= 15 is 0 Å². The van der Waals surface area contributed by atoms with E-state index in [4.69, 9.17) is 17.3 Å². The van der Waals surface area contributed by atoms with Crippen LogP contribution < -0.4 is 11.1 Å². The average molecular weight is 289 g/mol. The number of benzene rings is 1. The molecule has 0 aliphatic carbocycles. The topological polar surface area (TPSA) is 72.2 Å². The first-order valence-corrected chi connectivity index (χ1v) is 7.42. The molecular formula is C12H17ClN2O2S. The Morgan fingerprint density at radius 1 is 1.56 bits per heavy atom. The molecule has 0 radical (unpaired) electrons. The molecule has 3 N–H and O–H groups in total. The third-order valence-corrected chi connectivity index (χ3v) is 4.65. The van der Waals surface area contributed by atoms with Gasteiger partial charge >= 0.3 is 0 Å². The van der Waals surface area contributed by atoms with Crippen LogP contribution in [-0.4, -0.2) is 21.1 Å². The maximum Gasteiger partial charge on any atom is 0.237 e. The van der Waals surface area contributed by atoms with Gasteiger partial charge in [0.2, 0.25) is 5.91 Å². The molecule has 0 bridgehead atoms. The number of amides is 1. The normalized spacial score (nSPS) is 13.9. The lowest BCUT2D eigenvalue weighted by Gasteiger charge is -2.10. The van der Waals surface area contributed by atoms with Gasteiger partial charge in [0, 0.05) is 21.7 Å². The van der Waals surface area contributed by atoms with Gasteiger partial charge in [0.25, 0.3) is 0 Å². The zero-order valence-corrected chi connectivity index (χ0v) is 12.0. The van der Waals surface area contributed by atoms with Crippen molar-refractivity contribution in [1.29, 1.82) is 0 Å². The van der Waals surface area contributed by atoms with Crippen LogP contribution in [0.25, 0.3) is 0 Å². The second kappa shape index (κ2) is 6.75. The van der Waals surface area contributed by atoms with Crippen molar-refractivity contribution in [2.24, 2.45) is 0 Å². The largest absolute Gasteiger partial charge is 0.399 e. The number of carbonyl (C=O) groups is 1. The van der Waals surface area contributed by atoms with Crippen molar-refractivity contribution in [1.82, 2.24) is 0 Å². The number of hydrogen-bond donors (Lipinski definition) is 2. The molecule has 0 aromatic heterocycles. The summed E-state index contributed by atoms with van der Waals surface area (Å²) >= 11 is 5.93. The van der Waals surface area contributed by atoms with Crippen LogP contribution in [0, 0.1) is 0 Å². The number of nitrogen functional groups attached to an aromatic ring is 1. The number of nitrogens with two attached hydrogens (primary N) is 1. The maximum atomic E-state index is 11.7. The minimum Gasteiger partial charge on any atom is -0.399 e. The minimum absolute atomic E-state index is 0.0117. The van der Waals surface area contributed by atoms with E-state index in [2.05, 4.69) is 5.32 Å². The van der Waals surface area contributed by atoms with Gasteiger partial charge in [-0.05, 0) is 24.6 Å². The van der Waals surface area contributed by atoms with E-state index in [0.29, 0.717) is 16.4 Å². The smallest absolute Gasteiger partial charge is 0.237 e. The van der Waals surface area contributed by atoms with E-state index < -0.39 is 10.8 Å². The van der Waals surface area contributed by atoms with Crippen molar-refractivity contribution < 1.29 is 9.00 Å². The first-order valence-electron chi connectivity index (χ1n) is 5.66. The molecule has 18 heavy (non-hydrogen) atoms. The van der Waals surface area contributed by atoms with Gasteiger partial charge in [-0.2, -0.15) is 0 Å². The molecule has 0 aliphatic rings. The highest BCUT2D eigenvalue weighted by Gasteiger charge is 2.14. The van der Waals surface area contributed by atoms with Crippen LogP contribution in [0.2, 0.25) is 5.02 Å². The SMILES string of the molecule is CCC(C)S(=O)CC(=O)Nc1ccc(N)cc1Cl. The molecule has 0 spiro atoms. The minimum atomic E-state index is -1.16. The first-order chi connectivity index (χ1) is 8.43. The summed E-state index contributed by atoms with van der Waals surface area (Å²) in [5.41, 5.74) is 6.56. The molecule has 2 unspecified atom stereocenters. The summed E-state index contributed by atoms with van der Waals surface area (Å²) in [7, 11) is -1.16. The van der Waals surface area contributed by atoms with E-state index in [1.807, 2.05) is 13.8 Å². The van der Waals surface area contributed by atoms with Gasteiger partial charge in [-0.25, -0.2) is 0 Å². The van der Waals surface area contributed by atoms with E-state index in [1.54, 1.807) is 18.2 Å². The maximum absolute atomic E-state index is 11.7. The van der Waals surface area contributed by atoms with Crippen LogP contribution >= 0.6 is 11.6 Å². The van der Waals surface area contributed by atoms with E-state index in [1.165, 1.54) is 0 Å². The monoisotopic (exact) mass is 288 g/mol. The Morgan fingerprint density at radius 2 is 2.22 bits per heavy atom. The zero-order valence-electron chi connectivity index (χ0n) is 10.4. The lowest BCUT2D eigenvalue weighted by atomic mass is 10.3. The summed E-state index contributed by atoms with van der Waals surface area (Å²) in [6.07, 6.45) is 0.780. The predicted octanol–water partition coefficient (Wildman–Crippen LogP) is 2.41. The fraction of sp³-hybridized carbons (Fsp3) is 0.417. The molecule has 1 amide bonds. The molecule has 0 fully saturated rings. The summed E-state index contributed by atoms with van der Waals surface area (Å²) in [4.78, 5) is 11.7. The molecular weight excluding hydrogens is 272 g/mol. The summed E-state index contributed by atoms with van der Waals surface area (Å²) < 4.78 is 11.7. The quantitative estimate of drug-likeness (QED) is 0.817. The number of anilines is 2. The Labute approximate surface area is 114 Å². The summed E-state index contributed by atoms with van der Waals surface area (Å²) in [5.74, 6) is -0.323. The molecule has 4 nitrogen and oxygen atoms in total. The molecule has 0 saturated heterocycles. The molecule has 0 saturated carbocycles. The Kier molecular flexibility index (Phi) is 5.62. The fourth-order valence-electron chi connectivity index (χ4n) is 1.28. The number of hydrogen-bond acceptors (Lipinski definition) is 3. The zero-order chi connectivity index (χ0) is 13.7. The molecule has 0 aliphatic heterocycles. The van der Waals surface area contributed by atoms with Crippen LogP contribution in [0.1, 0.15) is 20.3 Å². The molecule has 1 aromatic carbocycles. The van der Waals surface area contributed by atoms with Crippen LogP contribution in [0.4, 0.5) is 11.4 Å². The van der Waals surface area contributed by atoms with Crippen LogP contribution in [0.3, 0.4) is 0 Å². The third-order valence-electron chi connectivity index (χ3n) is 2.56.